The average molecular weight is 488 g/mol. The van der Waals surface area contributed by atoms with E-state index in [1.807, 2.05) is 49.4 Å². The molecule has 0 saturated heterocycles. The Bertz CT molecular complexity index is 1380. The summed E-state index contributed by atoms with van der Waals surface area (Å²) in [7, 11) is 0. The first-order valence-electron chi connectivity index (χ1n) is 11.3. The van der Waals surface area contributed by atoms with Crippen molar-refractivity contribution in [2.24, 2.45) is 0 Å². The summed E-state index contributed by atoms with van der Waals surface area (Å²) in [6, 6.07) is 21.9. The molecule has 9 heteroatoms. The summed E-state index contributed by atoms with van der Waals surface area (Å²) < 4.78 is 21.7. The maximum Gasteiger partial charge on any atom is 0.439 e. The van der Waals surface area contributed by atoms with E-state index in [-0.39, 0.29) is 11.7 Å². The Balaban J connectivity index is 1.35. The number of nitrogens with one attached hydrogen (secondary N) is 2. The van der Waals surface area contributed by atoms with Gasteiger partial charge in [-0.25, -0.2) is 4.79 Å². The summed E-state index contributed by atoms with van der Waals surface area (Å²) >= 11 is 0. The molecule has 1 aromatic heterocycles. The average Bonchev–Trinajstić information content (AvgIpc) is 3.33. The van der Waals surface area contributed by atoms with Crippen LogP contribution in [0.3, 0.4) is 0 Å². The summed E-state index contributed by atoms with van der Waals surface area (Å²) in [4.78, 5) is 26.1. The highest BCUT2D eigenvalue weighted by Gasteiger charge is 2.08. The van der Waals surface area contributed by atoms with Gasteiger partial charge in [0.25, 0.3) is 0 Å². The largest absolute Gasteiger partial charge is 0.490 e. The number of ether oxygens (including phenoxy) is 3. The van der Waals surface area contributed by atoms with E-state index in [2.05, 4.69) is 20.0 Å². The van der Waals surface area contributed by atoms with Crippen LogP contribution in [-0.2, 0) is 4.79 Å². The number of H-pyrrole nitrogens is 1. The van der Waals surface area contributed by atoms with Crippen LogP contribution in [0.1, 0.15) is 12.5 Å². The van der Waals surface area contributed by atoms with Gasteiger partial charge in [-0.05, 0) is 55.0 Å². The smallest absolute Gasteiger partial charge is 0.439 e. The molecule has 4 rings (SSSR count). The molecule has 4 aromatic rings. The number of anilines is 1. The molecule has 0 fully saturated rings. The van der Waals surface area contributed by atoms with Crippen molar-refractivity contribution < 1.29 is 23.5 Å². The second kappa shape index (κ2) is 12.1. The van der Waals surface area contributed by atoms with Crippen LogP contribution in [-0.4, -0.2) is 35.9 Å². The lowest BCUT2D eigenvalue weighted by Gasteiger charge is -2.13. The molecule has 0 bridgehead atoms. The fourth-order valence-electron chi connectivity index (χ4n) is 3.30. The molecule has 0 aliphatic carbocycles. The number of carbonyl (C=O) groups excluding carboxylic acids is 1. The molecule has 0 aliphatic heterocycles. The van der Waals surface area contributed by atoms with E-state index in [9.17, 15) is 9.59 Å². The van der Waals surface area contributed by atoms with Gasteiger partial charge in [0.15, 0.2) is 17.3 Å². The van der Waals surface area contributed by atoms with Crippen molar-refractivity contribution in [3.63, 3.8) is 0 Å². The first-order valence-corrected chi connectivity index (χ1v) is 11.3. The third-order valence-electron chi connectivity index (χ3n) is 4.89. The van der Waals surface area contributed by atoms with Crippen molar-refractivity contribution in [3.05, 3.63) is 95.0 Å². The molecular weight excluding hydrogens is 462 g/mol. The quantitative estimate of drug-likeness (QED) is 0.236. The number of para-hydroxylation sites is 1. The van der Waals surface area contributed by atoms with Crippen LogP contribution in [0, 0.1) is 0 Å². The van der Waals surface area contributed by atoms with Gasteiger partial charge in [-0.15, -0.1) is 0 Å². The minimum absolute atomic E-state index is 0.282. The topological polar surface area (TPSA) is 116 Å². The minimum Gasteiger partial charge on any atom is -0.490 e. The number of aromatic amines is 1. The Hall–Kier alpha value is -4.79. The van der Waals surface area contributed by atoms with Crippen LogP contribution in [0.2, 0.25) is 0 Å². The van der Waals surface area contributed by atoms with Gasteiger partial charge < -0.3 is 19.5 Å². The molecule has 9 nitrogen and oxygen atoms in total. The third-order valence-corrected chi connectivity index (χ3v) is 4.89. The highest BCUT2D eigenvalue weighted by molar-refractivity contribution is 6.02. The van der Waals surface area contributed by atoms with Crippen LogP contribution >= 0.6 is 0 Å². The fraction of sp³-hybridized carbons (Fsp3) is 0.148. The van der Waals surface area contributed by atoms with Crippen LogP contribution in [0.25, 0.3) is 17.5 Å². The Morgan fingerprint density at radius 1 is 0.972 bits per heavy atom. The van der Waals surface area contributed by atoms with Gasteiger partial charge in [0.1, 0.15) is 19.0 Å². The van der Waals surface area contributed by atoms with Gasteiger partial charge in [-0.3, -0.25) is 14.3 Å². The van der Waals surface area contributed by atoms with Crippen molar-refractivity contribution in [2.45, 2.75) is 6.92 Å². The van der Waals surface area contributed by atoms with Crippen LogP contribution < -0.4 is 25.3 Å². The highest BCUT2D eigenvalue weighted by atomic mass is 16.5. The zero-order valence-corrected chi connectivity index (χ0v) is 19.6. The van der Waals surface area contributed by atoms with Gasteiger partial charge in [-0.1, -0.05) is 41.6 Å². The molecule has 0 spiro atoms. The standard InChI is InChI=1S/C27H25N3O6/c1-2-33-24-17-19(11-13-23(24)35-16-15-34-22-9-4-3-5-10-22)12-14-25(31)28-21-8-6-7-20(18-21)26-29-27(32)36-30-26/h3-14,17-18H,2,15-16H2,1H3,(H,28,31)(H,29,30,32)/b14-12+. The lowest BCUT2D eigenvalue weighted by Crippen LogP contribution is -2.10. The zero-order chi connectivity index (χ0) is 25.2. The number of hydrogen-bond acceptors (Lipinski definition) is 7. The maximum atomic E-state index is 12.4. The Morgan fingerprint density at radius 2 is 1.81 bits per heavy atom. The number of hydrogen-bond donors (Lipinski definition) is 2. The number of benzene rings is 3. The molecule has 0 radical (unpaired) electrons. The van der Waals surface area contributed by atoms with E-state index in [0.717, 1.165) is 11.3 Å². The molecule has 1 heterocycles. The van der Waals surface area contributed by atoms with Crippen molar-refractivity contribution in [1.82, 2.24) is 10.1 Å². The first-order chi connectivity index (χ1) is 17.6. The molecule has 0 unspecified atom stereocenters. The normalized spacial score (nSPS) is 10.8. The Kier molecular flexibility index (Phi) is 8.16. The van der Waals surface area contributed by atoms with Crippen molar-refractivity contribution in [3.8, 4) is 28.6 Å². The van der Waals surface area contributed by atoms with E-state index in [4.69, 9.17) is 14.2 Å². The van der Waals surface area contributed by atoms with Gasteiger partial charge in [0.2, 0.25) is 5.91 Å². The number of nitrogens with zero attached hydrogens (tertiary/aromatic N) is 1. The monoisotopic (exact) mass is 487 g/mol. The fourth-order valence-corrected chi connectivity index (χ4v) is 3.30. The van der Waals surface area contributed by atoms with Crippen molar-refractivity contribution in [2.75, 3.05) is 25.1 Å². The summed E-state index contributed by atoms with van der Waals surface area (Å²) in [5, 5.41) is 6.43. The van der Waals surface area contributed by atoms with E-state index >= 15 is 0 Å². The molecule has 1 amide bonds. The Morgan fingerprint density at radius 3 is 2.58 bits per heavy atom. The molecule has 0 saturated carbocycles. The van der Waals surface area contributed by atoms with Crippen LogP contribution in [0.5, 0.6) is 17.2 Å². The van der Waals surface area contributed by atoms with Crippen molar-refractivity contribution in [1.29, 1.82) is 0 Å². The highest BCUT2D eigenvalue weighted by Crippen LogP contribution is 2.29. The summed E-state index contributed by atoms with van der Waals surface area (Å²) in [6.45, 7) is 3.11. The molecule has 184 valence electrons. The molecule has 0 aliphatic rings. The first kappa shape index (κ1) is 24.3. The van der Waals surface area contributed by atoms with Crippen LogP contribution in [0.15, 0.2) is 88.2 Å². The predicted molar refractivity (Wildman–Crippen MR) is 135 cm³/mol. The minimum atomic E-state index is -0.647. The van der Waals surface area contributed by atoms with Gasteiger partial charge >= 0.3 is 5.76 Å². The van der Waals surface area contributed by atoms with E-state index < -0.39 is 5.76 Å². The number of rotatable bonds is 11. The lowest BCUT2D eigenvalue weighted by molar-refractivity contribution is -0.111. The second-order valence-electron chi connectivity index (χ2n) is 7.50. The molecular formula is C27H25N3O6. The Labute approximate surface area is 207 Å². The SMILES string of the molecule is CCOc1cc(/C=C/C(=O)Nc2cccc(-c3noc(=O)[nH]3)c2)ccc1OCCOc1ccccc1. The van der Waals surface area contributed by atoms with E-state index in [1.165, 1.54) is 6.08 Å². The molecule has 2 N–H and O–H groups in total. The van der Waals surface area contributed by atoms with E-state index in [1.54, 1.807) is 36.4 Å². The number of carbonyl (C=O) groups is 1. The number of amides is 1. The van der Waals surface area contributed by atoms with Gasteiger partial charge in [-0.2, -0.15) is 0 Å². The molecule has 36 heavy (non-hydrogen) atoms. The molecule has 0 atom stereocenters. The van der Waals surface area contributed by atoms with E-state index in [0.29, 0.717) is 42.6 Å². The maximum absolute atomic E-state index is 12.4. The second-order valence-corrected chi connectivity index (χ2v) is 7.50. The predicted octanol–water partition coefficient (Wildman–Crippen LogP) is 4.54. The van der Waals surface area contributed by atoms with Crippen LogP contribution in [0.4, 0.5) is 5.69 Å². The summed E-state index contributed by atoms with van der Waals surface area (Å²) in [5.74, 6) is 1.27. The number of aromatic nitrogens is 2. The zero-order valence-electron chi connectivity index (χ0n) is 19.6. The van der Waals surface area contributed by atoms with Crippen molar-refractivity contribution >= 4 is 17.7 Å². The van der Waals surface area contributed by atoms with Gasteiger partial charge in [0, 0.05) is 17.3 Å². The summed E-state index contributed by atoms with van der Waals surface area (Å²) in [6.07, 6.45) is 3.10. The molecule has 3 aromatic carbocycles. The van der Waals surface area contributed by atoms with Gasteiger partial charge in [0.05, 0.1) is 6.61 Å². The lowest BCUT2D eigenvalue weighted by atomic mass is 10.1. The summed E-state index contributed by atoms with van der Waals surface area (Å²) in [5.41, 5.74) is 1.92. The third kappa shape index (κ3) is 6.86.